The first-order valence-electron chi connectivity index (χ1n) is 8.92. The van der Waals surface area contributed by atoms with Gasteiger partial charge >= 0.3 is 0 Å². The minimum atomic E-state index is -3.87. The zero-order valence-corrected chi connectivity index (χ0v) is 19.4. The molecule has 0 aliphatic carbocycles. The molecule has 10 heteroatoms. The van der Waals surface area contributed by atoms with Gasteiger partial charge in [0.15, 0.2) is 0 Å². The first kappa shape index (κ1) is 23.3. The number of nitrogens with one attached hydrogen (secondary N) is 2. The van der Waals surface area contributed by atoms with Crippen LogP contribution >= 0.6 is 35.0 Å². The van der Waals surface area contributed by atoms with Crippen molar-refractivity contribution in [3.8, 4) is 5.75 Å². The molecule has 0 aromatic heterocycles. The molecule has 0 spiro atoms. The number of carbonyl (C=O) groups excluding carboxylic acids is 1. The highest BCUT2D eigenvalue weighted by atomic mass is 35.5. The van der Waals surface area contributed by atoms with Crippen molar-refractivity contribution >= 4 is 62.3 Å². The average molecular weight is 497 g/mol. The molecule has 3 aromatic rings. The van der Waals surface area contributed by atoms with Crippen LogP contribution in [0.1, 0.15) is 0 Å². The highest BCUT2D eigenvalue weighted by molar-refractivity contribution is 8.00. The second-order valence-electron chi connectivity index (χ2n) is 6.24. The van der Waals surface area contributed by atoms with E-state index in [-0.39, 0.29) is 32.3 Å². The molecule has 0 heterocycles. The van der Waals surface area contributed by atoms with Crippen molar-refractivity contribution in [2.45, 2.75) is 9.79 Å². The van der Waals surface area contributed by atoms with Gasteiger partial charge in [0.2, 0.25) is 5.91 Å². The summed E-state index contributed by atoms with van der Waals surface area (Å²) >= 11 is 13.3. The molecule has 0 bridgehead atoms. The van der Waals surface area contributed by atoms with Gasteiger partial charge in [0, 0.05) is 10.6 Å². The second-order valence-corrected chi connectivity index (χ2v) is 9.76. The van der Waals surface area contributed by atoms with Crippen LogP contribution in [0, 0.1) is 0 Å². The summed E-state index contributed by atoms with van der Waals surface area (Å²) in [7, 11) is -2.28. The van der Waals surface area contributed by atoms with Gasteiger partial charge in [-0.15, -0.1) is 11.8 Å². The predicted molar refractivity (Wildman–Crippen MR) is 126 cm³/mol. The molecule has 1 amide bonds. The average Bonchev–Trinajstić information content (AvgIpc) is 2.76. The van der Waals surface area contributed by atoms with Gasteiger partial charge < -0.3 is 10.1 Å². The van der Waals surface area contributed by atoms with E-state index in [2.05, 4.69) is 10.0 Å². The van der Waals surface area contributed by atoms with Crippen molar-refractivity contribution in [1.29, 1.82) is 0 Å². The lowest BCUT2D eigenvalue weighted by Gasteiger charge is -2.11. The number of sulfonamides is 1. The number of rotatable bonds is 8. The molecule has 162 valence electrons. The third-order valence-corrected chi connectivity index (χ3v) is 7.29. The van der Waals surface area contributed by atoms with Crippen LogP contribution in [0.4, 0.5) is 11.4 Å². The first-order chi connectivity index (χ1) is 14.8. The summed E-state index contributed by atoms with van der Waals surface area (Å²) in [5.74, 6) is 0.748. The SMILES string of the molecule is COc1ccc(SCC(=O)Nc2ccc(S(=O)(=O)Nc3cccc(Cl)c3Cl)cc2)cc1. The number of anilines is 2. The largest absolute Gasteiger partial charge is 0.497 e. The van der Waals surface area contributed by atoms with Crippen molar-refractivity contribution in [2.75, 3.05) is 22.9 Å². The van der Waals surface area contributed by atoms with Crippen LogP contribution in [0.5, 0.6) is 5.75 Å². The normalized spacial score (nSPS) is 11.1. The van der Waals surface area contributed by atoms with Crippen LogP contribution in [-0.4, -0.2) is 27.2 Å². The fraction of sp³-hybridized carbons (Fsp3) is 0.0952. The summed E-state index contributed by atoms with van der Waals surface area (Å²) in [4.78, 5) is 13.1. The van der Waals surface area contributed by atoms with Crippen molar-refractivity contribution in [3.05, 3.63) is 76.8 Å². The van der Waals surface area contributed by atoms with Gasteiger partial charge in [-0.1, -0.05) is 29.3 Å². The number of hydrogen-bond donors (Lipinski definition) is 2. The molecule has 6 nitrogen and oxygen atoms in total. The number of halogens is 2. The van der Waals surface area contributed by atoms with E-state index in [0.29, 0.717) is 5.69 Å². The lowest BCUT2D eigenvalue weighted by atomic mass is 10.3. The van der Waals surface area contributed by atoms with Gasteiger partial charge in [-0.2, -0.15) is 0 Å². The molecule has 3 aromatic carbocycles. The van der Waals surface area contributed by atoms with Crippen LogP contribution < -0.4 is 14.8 Å². The Hall–Kier alpha value is -2.39. The van der Waals surface area contributed by atoms with Crippen molar-refractivity contribution in [2.24, 2.45) is 0 Å². The molecule has 31 heavy (non-hydrogen) atoms. The maximum absolute atomic E-state index is 12.6. The Bertz CT molecular complexity index is 1170. The summed E-state index contributed by atoms with van der Waals surface area (Å²) in [5.41, 5.74) is 0.669. The van der Waals surface area contributed by atoms with E-state index in [9.17, 15) is 13.2 Å². The minimum absolute atomic E-state index is 0.0224. The van der Waals surface area contributed by atoms with Gasteiger partial charge in [0.25, 0.3) is 10.0 Å². The first-order valence-corrected chi connectivity index (χ1v) is 12.1. The Labute approximate surface area is 195 Å². The van der Waals surface area contributed by atoms with E-state index in [1.165, 1.54) is 42.1 Å². The quantitative estimate of drug-likeness (QED) is 0.400. The molecule has 0 aliphatic heterocycles. The maximum Gasteiger partial charge on any atom is 0.261 e. The number of methoxy groups -OCH3 is 1. The third kappa shape index (κ3) is 6.30. The molecule has 0 fully saturated rings. The smallest absolute Gasteiger partial charge is 0.261 e. The number of benzene rings is 3. The zero-order chi connectivity index (χ0) is 22.4. The summed E-state index contributed by atoms with van der Waals surface area (Å²) in [5, 5.41) is 3.10. The van der Waals surface area contributed by atoms with E-state index in [0.717, 1.165) is 10.6 Å². The molecule has 3 rings (SSSR count). The highest BCUT2D eigenvalue weighted by Gasteiger charge is 2.17. The molecule has 0 atom stereocenters. The number of carbonyl (C=O) groups is 1. The second kappa shape index (κ2) is 10.3. The molecule has 0 unspecified atom stereocenters. The summed E-state index contributed by atoms with van der Waals surface area (Å²) < 4.78 is 32.7. The Balaban J connectivity index is 1.59. The molecule has 0 saturated carbocycles. The van der Waals surface area contributed by atoms with E-state index < -0.39 is 10.0 Å². The predicted octanol–water partition coefficient (Wildman–Crippen LogP) is 5.53. The summed E-state index contributed by atoms with van der Waals surface area (Å²) in [6.45, 7) is 0. The van der Waals surface area contributed by atoms with Gasteiger partial charge in [0.1, 0.15) is 5.75 Å². The van der Waals surface area contributed by atoms with Crippen LogP contribution in [-0.2, 0) is 14.8 Å². The lowest BCUT2D eigenvalue weighted by Crippen LogP contribution is -2.15. The Kier molecular flexibility index (Phi) is 7.72. The Morgan fingerprint density at radius 3 is 2.32 bits per heavy atom. The molecular formula is C21H18Cl2N2O4S2. The van der Waals surface area contributed by atoms with E-state index in [1.54, 1.807) is 19.2 Å². The summed E-state index contributed by atoms with van der Waals surface area (Å²) in [6.07, 6.45) is 0. The van der Waals surface area contributed by atoms with Crippen LogP contribution in [0.25, 0.3) is 0 Å². The molecule has 0 radical (unpaired) electrons. The van der Waals surface area contributed by atoms with Crippen molar-refractivity contribution < 1.29 is 17.9 Å². The molecule has 0 saturated heterocycles. The number of amides is 1. The minimum Gasteiger partial charge on any atom is -0.497 e. The van der Waals surface area contributed by atoms with E-state index >= 15 is 0 Å². The topological polar surface area (TPSA) is 84.5 Å². The van der Waals surface area contributed by atoms with Gasteiger partial charge in [-0.3, -0.25) is 9.52 Å². The van der Waals surface area contributed by atoms with Crippen molar-refractivity contribution in [1.82, 2.24) is 0 Å². The number of thioether (sulfide) groups is 1. The summed E-state index contributed by atoms with van der Waals surface area (Å²) in [6, 6.07) is 17.9. The molecular weight excluding hydrogens is 479 g/mol. The van der Waals surface area contributed by atoms with Gasteiger partial charge in [-0.25, -0.2) is 8.42 Å². The van der Waals surface area contributed by atoms with Crippen LogP contribution in [0.3, 0.4) is 0 Å². The Morgan fingerprint density at radius 1 is 1.00 bits per heavy atom. The molecule has 2 N–H and O–H groups in total. The third-order valence-electron chi connectivity index (χ3n) is 4.07. The fourth-order valence-corrected chi connectivity index (χ4v) is 4.70. The van der Waals surface area contributed by atoms with Gasteiger partial charge in [0.05, 0.1) is 33.5 Å². The van der Waals surface area contributed by atoms with E-state index in [4.69, 9.17) is 27.9 Å². The van der Waals surface area contributed by atoms with E-state index in [1.807, 2.05) is 24.3 Å². The maximum atomic E-state index is 12.6. The number of ether oxygens (including phenoxy) is 1. The monoisotopic (exact) mass is 496 g/mol. The zero-order valence-electron chi connectivity index (χ0n) is 16.3. The molecule has 0 aliphatic rings. The fourth-order valence-electron chi connectivity index (χ4n) is 2.52. The highest BCUT2D eigenvalue weighted by Crippen LogP contribution is 2.31. The Morgan fingerprint density at radius 2 is 1.68 bits per heavy atom. The van der Waals surface area contributed by atoms with Crippen molar-refractivity contribution in [3.63, 3.8) is 0 Å². The lowest BCUT2D eigenvalue weighted by molar-refractivity contribution is -0.113. The van der Waals surface area contributed by atoms with Crippen LogP contribution in [0.2, 0.25) is 10.0 Å². The standard InChI is InChI=1S/C21H18Cl2N2O4S2/c1-29-15-7-9-16(10-8-15)30-13-20(26)24-14-5-11-17(12-6-14)31(27,28)25-19-4-2-3-18(22)21(19)23/h2-12,25H,13H2,1H3,(H,24,26). The van der Waals surface area contributed by atoms with Gasteiger partial charge in [-0.05, 0) is 60.7 Å². The number of hydrogen-bond acceptors (Lipinski definition) is 5. The van der Waals surface area contributed by atoms with Crippen LogP contribution in [0.15, 0.2) is 76.5 Å².